The number of hydrogen-bond donors (Lipinski definition) is 4. The second-order valence-corrected chi connectivity index (χ2v) is 11.5. The third-order valence-corrected chi connectivity index (χ3v) is 7.70. The van der Waals surface area contributed by atoms with Crippen molar-refractivity contribution in [2.75, 3.05) is 31.1 Å². The minimum Gasteiger partial charge on any atom is -0.390 e. The van der Waals surface area contributed by atoms with E-state index in [0.29, 0.717) is 12.8 Å². The van der Waals surface area contributed by atoms with Crippen molar-refractivity contribution >= 4 is 17.5 Å². The summed E-state index contributed by atoms with van der Waals surface area (Å²) in [4.78, 5) is 27.9. The van der Waals surface area contributed by atoms with Crippen LogP contribution in [-0.2, 0) is 16.0 Å². The lowest BCUT2D eigenvalue weighted by Gasteiger charge is -2.37. The first-order chi connectivity index (χ1) is 16.0. The number of nitrogens with one attached hydrogen (secondary N) is 2. The molecule has 190 valence electrons. The van der Waals surface area contributed by atoms with Gasteiger partial charge in [-0.1, -0.05) is 45.9 Å². The first kappa shape index (κ1) is 26.6. The number of carbonyl (C=O) groups is 2. The van der Waals surface area contributed by atoms with Gasteiger partial charge in [0.2, 0.25) is 11.8 Å². The number of hydrogen-bond acceptors (Lipinski definition) is 5. The Morgan fingerprint density at radius 3 is 2.68 bits per heavy atom. The van der Waals surface area contributed by atoms with Crippen LogP contribution in [0.3, 0.4) is 0 Å². The topological polar surface area (TPSA) is 108 Å². The number of carbonyl (C=O) groups excluding carboxylic acids is 2. The Bertz CT molecular complexity index is 848. The second kappa shape index (κ2) is 11.2. The molecule has 2 aliphatic heterocycles. The number of fused-ring (bicyclic) bond motifs is 1. The number of para-hydroxylation sites is 1. The molecule has 2 heterocycles. The van der Waals surface area contributed by atoms with Crippen LogP contribution >= 0.6 is 0 Å². The predicted octanol–water partition coefficient (Wildman–Crippen LogP) is 2.60. The molecule has 5 N–H and O–H groups in total. The zero-order valence-electron chi connectivity index (χ0n) is 21.4. The van der Waals surface area contributed by atoms with E-state index in [1.54, 1.807) is 0 Å². The van der Waals surface area contributed by atoms with Crippen molar-refractivity contribution in [1.82, 2.24) is 10.6 Å². The van der Waals surface area contributed by atoms with Crippen molar-refractivity contribution in [3.63, 3.8) is 0 Å². The van der Waals surface area contributed by atoms with Crippen molar-refractivity contribution < 1.29 is 14.7 Å². The van der Waals surface area contributed by atoms with E-state index in [9.17, 15) is 14.7 Å². The van der Waals surface area contributed by atoms with Crippen LogP contribution in [0.4, 0.5) is 5.69 Å². The lowest BCUT2D eigenvalue weighted by Crippen LogP contribution is -2.51. The number of nitrogens with zero attached hydrogens (tertiary/aromatic N) is 1. The van der Waals surface area contributed by atoms with Gasteiger partial charge in [0, 0.05) is 36.7 Å². The smallest absolute Gasteiger partial charge is 0.227 e. The third-order valence-electron chi connectivity index (χ3n) is 7.70. The van der Waals surface area contributed by atoms with Gasteiger partial charge >= 0.3 is 0 Å². The molecule has 0 aliphatic carbocycles. The number of amides is 2. The minimum atomic E-state index is -0.866. The Balaban J connectivity index is 1.50. The Labute approximate surface area is 204 Å². The van der Waals surface area contributed by atoms with Crippen molar-refractivity contribution in [1.29, 1.82) is 0 Å². The molecule has 1 fully saturated rings. The number of rotatable bonds is 9. The average Bonchev–Trinajstić information content (AvgIpc) is 2.81. The van der Waals surface area contributed by atoms with E-state index in [2.05, 4.69) is 16.7 Å². The summed E-state index contributed by atoms with van der Waals surface area (Å²) in [6.45, 7) is 10.7. The number of aryl methyl sites for hydroxylation is 1. The lowest BCUT2D eigenvalue weighted by atomic mass is 9.74. The number of piperidine rings is 1. The van der Waals surface area contributed by atoms with Crippen LogP contribution < -0.4 is 21.3 Å². The van der Waals surface area contributed by atoms with E-state index < -0.39 is 17.6 Å². The Hall–Kier alpha value is -1.96. The number of nitrogens with two attached hydrogens (primary N) is 1. The number of benzene rings is 1. The van der Waals surface area contributed by atoms with Gasteiger partial charge in [0.25, 0.3) is 0 Å². The maximum Gasteiger partial charge on any atom is 0.227 e. The molecule has 0 unspecified atom stereocenters. The van der Waals surface area contributed by atoms with Gasteiger partial charge in [0.05, 0.1) is 6.10 Å². The van der Waals surface area contributed by atoms with E-state index in [-0.39, 0.29) is 29.7 Å². The molecule has 1 aromatic rings. The van der Waals surface area contributed by atoms with Gasteiger partial charge < -0.3 is 26.4 Å². The van der Waals surface area contributed by atoms with Crippen molar-refractivity contribution in [2.45, 2.75) is 78.4 Å². The standard InChI is InChI=1S/C27H44N4O3/c1-26(2,16-24(33)31-14-8-10-19-9-5-6-12-22(19)31)15-21(28)23(32)18-30-25(34)27(3,4)20-11-7-13-29-17-20/h5-6,9,12,20-21,23,29,32H,7-8,10-11,13-18,28H2,1-4H3,(H,30,34)/t20-,21-,23-/m0/s1. The quantitative estimate of drug-likeness (QED) is 0.442. The molecule has 1 saturated heterocycles. The summed E-state index contributed by atoms with van der Waals surface area (Å²) in [6, 6.07) is 7.57. The molecule has 0 spiro atoms. The predicted molar refractivity (Wildman–Crippen MR) is 136 cm³/mol. The highest BCUT2D eigenvalue weighted by Crippen LogP contribution is 2.33. The minimum absolute atomic E-state index is 0.0503. The lowest BCUT2D eigenvalue weighted by molar-refractivity contribution is -0.133. The summed E-state index contributed by atoms with van der Waals surface area (Å²) in [5, 5.41) is 17.0. The third kappa shape index (κ3) is 6.58. The molecular formula is C27H44N4O3. The van der Waals surface area contributed by atoms with Crippen LogP contribution in [-0.4, -0.2) is 55.2 Å². The zero-order valence-corrected chi connectivity index (χ0v) is 21.4. The largest absolute Gasteiger partial charge is 0.390 e. The van der Waals surface area contributed by atoms with E-state index >= 15 is 0 Å². The molecule has 0 radical (unpaired) electrons. The second-order valence-electron chi connectivity index (χ2n) is 11.5. The highest BCUT2D eigenvalue weighted by atomic mass is 16.3. The van der Waals surface area contributed by atoms with E-state index in [0.717, 1.165) is 51.0 Å². The van der Waals surface area contributed by atoms with Crippen LogP contribution in [0.25, 0.3) is 0 Å². The fraction of sp³-hybridized carbons (Fsp3) is 0.704. The van der Waals surface area contributed by atoms with Gasteiger partial charge in [-0.15, -0.1) is 0 Å². The van der Waals surface area contributed by atoms with Crippen molar-refractivity contribution in [2.24, 2.45) is 22.5 Å². The maximum atomic E-state index is 13.2. The molecule has 1 aromatic carbocycles. The van der Waals surface area contributed by atoms with Crippen LogP contribution in [0.5, 0.6) is 0 Å². The zero-order chi connectivity index (χ0) is 24.9. The van der Waals surface area contributed by atoms with Crippen molar-refractivity contribution in [3.05, 3.63) is 29.8 Å². The Kier molecular flexibility index (Phi) is 8.77. The Morgan fingerprint density at radius 2 is 1.97 bits per heavy atom. The maximum absolute atomic E-state index is 13.2. The summed E-state index contributed by atoms with van der Waals surface area (Å²) in [5.74, 6) is 0.317. The first-order valence-electron chi connectivity index (χ1n) is 12.8. The summed E-state index contributed by atoms with van der Waals surface area (Å²) in [5.41, 5.74) is 7.68. The van der Waals surface area contributed by atoms with Gasteiger partial charge in [-0.25, -0.2) is 0 Å². The fourth-order valence-corrected chi connectivity index (χ4v) is 5.37. The molecule has 3 atom stereocenters. The van der Waals surface area contributed by atoms with Gasteiger partial charge in [-0.05, 0) is 68.2 Å². The van der Waals surface area contributed by atoms with Crippen LogP contribution in [0.2, 0.25) is 0 Å². The highest BCUT2D eigenvalue weighted by molar-refractivity contribution is 5.94. The monoisotopic (exact) mass is 472 g/mol. The normalized spacial score (nSPS) is 20.9. The fourth-order valence-electron chi connectivity index (χ4n) is 5.37. The van der Waals surface area contributed by atoms with E-state index in [1.807, 2.05) is 50.8 Å². The molecule has 3 rings (SSSR count). The van der Waals surface area contributed by atoms with E-state index in [1.165, 1.54) is 5.56 Å². The van der Waals surface area contributed by atoms with Crippen LogP contribution in [0, 0.1) is 16.7 Å². The van der Waals surface area contributed by atoms with Gasteiger partial charge in [-0.2, -0.15) is 0 Å². The molecular weight excluding hydrogens is 428 g/mol. The molecule has 7 nitrogen and oxygen atoms in total. The number of aliphatic hydroxyl groups excluding tert-OH is 1. The van der Waals surface area contributed by atoms with Gasteiger partial charge in [0.1, 0.15) is 0 Å². The molecule has 0 saturated carbocycles. The Morgan fingerprint density at radius 1 is 1.24 bits per heavy atom. The van der Waals surface area contributed by atoms with Gasteiger partial charge in [0.15, 0.2) is 0 Å². The van der Waals surface area contributed by atoms with Crippen LogP contribution in [0.1, 0.15) is 65.4 Å². The molecule has 0 aromatic heterocycles. The van der Waals surface area contributed by atoms with Crippen molar-refractivity contribution in [3.8, 4) is 0 Å². The molecule has 0 bridgehead atoms. The highest BCUT2D eigenvalue weighted by Gasteiger charge is 2.38. The number of anilines is 1. The summed E-state index contributed by atoms with van der Waals surface area (Å²) in [6.07, 6.45) is 4.05. The number of aliphatic hydroxyl groups is 1. The van der Waals surface area contributed by atoms with Gasteiger partial charge in [-0.3, -0.25) is 9.59 Å². The summed E-state index contributed by atoms with van der Waals surface area (Å²) < 4.78 is 0. The summed E-state index contributed by atoms with van der Waals surface area (Å²) >= 11 is 0. The molecule has 2 amide bonds. The van der Waals surface area contributed by atoms with E-state index in [4.69, 9.17) is 5.73 Å². The molecule has 2 aliphatic rings. The molecule has 34 heavy (non-hydrogen) atoms. The SMILES string of the molecule is CC(C)(CC(=O)N1CCCc2ccccc21)C[C@H](N)[C@@H](O)CNC(=O)C(C)(C)[C@H]1CCCNC1. The summed E-state index contributed by atoms with van der Waals surface area (Å²) in [7, 11) is 0. The van der Waals surface area contributed by atoms with Crippen LogP contribution in [0.15, 0.2) is 24.3 Å². The average molecular weight is 473 g/mol. The first-order valence-corrected chi connectivity index (χ1v) is 12.8. The molecule has 7 heteroatoms.